The van der Waals surface area contributed by atoms with Crippen LogP contribution >= 0.6 is 0 Å². The summed E-state index contributed by atoms with van der Waals surface area (Å²) in [6, 6.07) is 0. The minimum Gasteiger partial charge on any atom is -0.387 e. The number of rotatable bonds is 0. The molecule has 64 valence electrons. The topological polar surface area (TPSA) is 32.8 Å². The summed E-state index contributed by atoms with van der Waals surface area (Å²) >= 11 is 0. The van der Waals surface area contributed by atoms with Gasteiger partial charge in [-0.15, -0.1) is 0 Å². The van der Waals surface area contributed by atoms with Crippen LogP contribution in [0, 0.1) is 5.92 Å². The van der Waals surface area contributed by atoms with Gasteiger partial charge >= 0.3 is 0 Å². The predicted octanol–water partition coefficient (Wildman–Crippen LogP) is 1.32. The highest BCUT2D eigenvalue weighted by molar-refractivity contribution is 5.15. The molecule has 2 rings (SSSR count). The van der Waals surface area contributed by atoms with E-state index in [2.05, 4.69) is 6.92 Å². The van der Waals surface area contributed by atoms with Gasteiger partial charge in [-0.2, -0.15) is 0 Å². The van der Waals surface area contributed by atoms with Crippen molar-refractivity contribution in [1.82, 2.24) is 0 Å². The number of epoxide rings is 1. The second kappa shape index (κ2) is 1.80. The first-order valence-corrected chi connectivity index (χ1v) is 4.38. The molecule has 1 saturated heterocycles. The third kappa shape index (κ3) is 0.744. The molecular formula is C9H16O2. The summed E-state index contributed by atoms with van der Waals surface area (Å²) in [5.41, 5.74) is -0.847. The van der Waals surface area contributed by atoms with E-state index in [1.165, 1.54) is 0 Å². The molecule has 0 amide bonds. The zero-order valence-corrected chi connectivity index (χ0v) is 7.42. The summed E-state index contributed by atoms with van der Waals surface area (Å²) in [5, 5.41) is 10.1. The van der Waals surface area contributed by atoms with Crippen molar-refractivity contribution in [3.05, 3.63) is 0 Å². The van der Waals surface area contributed by atoms with Gasteiger partial charge in [-0.05, 0) is 32.6 Å². The zero-order chi connectivity index (χ0) is 8.28. The van der Waals surface area contributed by atoms with Crippen molar-refractivity contribution in [2.75, 3.05) is 0 Å². The van der Waals surface area contributed by atoms with E-state index in [0.717, 1.165) is 12.8 Å². The van der Waals surface area contributed by atoms with Crippen LogP contribution in [-0.4, -0.2) is 22.4 Å². The van der Waals surface area contributed by atoms with Crippen LogP contribution < -0.4 is 0 Å². The van der Waals surface area contributed by atoms with Crippen molar-refractivity contribution in [2.45, 2.75) is 50.9 Å². The number of fused-ring (bicyclic) bond motifs is 1. The Morgan fingerprint density at radius 1 is 1.36 bits per heavy atom. The van der Waals surface area contributed by atoms with E-state index in [1.54, 1.807) is 0 Å². The van der Waals surface area contributed by atoms with Crippen LogP contribution in [0.4, 0.5) is 0 Å². The highest BCUT2D eigenvalue weighted by Gasteiger charge is 2.67. The van der Waals surface area contributed by atoms with Crippen molar-refractivity contribution in [2.24, 2.45) is 5.92 Å². The molecule has 0 spiro atoms. The lowest BCUT2D eigenvalue weighted by Gasteiger charge is -2.37. The Morgan fingerprint density at radius 2 is 2.00 bits per heavy atom. The van der Waals surface area contributed by atoms with Gasteiger partial charge in [0.2, 0.25) is 0 Å². The molecule has 1 saturated carbocycles. The summed E-state index contributed by atoms with van der Waals surface area (Å²) in [6.45, 7) is 6.02. The van der Waals surface area contributed by atoms with E-state index in [9.17, 15) is 5.11 Å². The first-order chi connectivity index (χ1) is 4.98. The monoisotopic (exact) mass is 156 g/mol. The second-order valence-electron chi connectivity index (χ2n) is 4.34. The molecule has 1 aliphatic heterocycles. The highest BCUT2D eigenvalue weighted by atomic mass is 16.6. The maximum absolute atomic E-state index is 10.1. The lowest BCUT2D eigenvalue weighted by Crippen LogP contribution is -2.50. The Morgan fingerprint density at radius 3 is 2.55 bits per heavy atom. The summed E-state index contributed by atoms with van der Waals surface area (Å²) < 4.78 is 5.50. The molecule has 0 aromatic rings. The van der Waals surface area contributed by atoms with Gasteiger partial charge in [0.25, 0.3) is 0 Å². The fourth-order valence-corrected chi connectivity index (χ4v) is 2.21. The average Bonchev–Trinajstić information content (AvgIpc) is 2.57. The van der Waals surface area contributed by atoms with Gasteiger partial charge in [0.15, 0.2) is 0 Å². The summed E-state index contributed by atoms with van der Waals surface area (Å²) in [4.78, 5) is 0. The van der Waals surface area contributed by atoms with E-state index >= 15 is 0 Å². The molecule has 11 heavy (non-hydrogen) atoms. The molecule has 0 aromatic heterocycles. The SMILES string of the molecule is CC1CCC2OC2(C)C1(C)O. The van der Waals surface area contributed by atoms with Gasteiger partial charge in [0, 0.05) is 0 Å². The summed E-state index contributed by atoms with van der Waals surface area (Å²) in [7, 11) is 0. The summed E-state index contributed by atoms with van der Waals surface area (Å²) in [6.07, 6.45) is 2.54. The van der Waals surface area contributed by atoms with Gasteiger partial charge in [0.1, 0.15) is 5.60 Å². The van der Waals surface area contributed by atoms with E-state index in [1.807, 2.05) is 13.8 Å². The Hall–Kier alpha value is -0.0800. The van der Waals surface area contributed by atoms with E-state index in [-0.39, 0.29) is 5.60 Å². The van der Waals surface area contributed by atoms with Crippen LogP contribution in [0.1, 0.15) is 33.6 Å². The minimum atomic E-state index is -0.615. The Bertz CT molecular complexity index is 188. The maximum Gasteiger partial charge on any atom is 0.120 e. The van der Waals surface area contributed by atoms with Crippen LogP contribution in [0.5, 0.6) is 0 Å². The molecular weight excluding hydrogens is 140 g/mol. The van der Waals surface area contributed by atoms with Crippen molar-refractivity contribution in [1.29, 1.82) is 0 Å². The number of hydrogen-bond donors (Lipinski definition) is 1. The van der Waals surface area contributed by atoms with E-state index in [4.69, 9.17) is 4.74 Å². The third-order valence-corrected chi connectivity index (χ3v) is 3.77. The van der Waals surface area contributed by atoms with Gasteiger partial charge in [-0.25, -0.2) is 0 Å². The summed E-state index contributed by atoms with van der Waals surface area (Å²) in [5.74, 6) is 0.367. The highest BCUT2D eigenvalue weighted by Crippen LogP contribution is 2.55. The molecule has 4 atom stereocenters. The molecule has 0 aromatic carbocycles. The smallest absolute Gasteiger partial charge is 0.120 e. The second-order valence-corrected chi connectivity index (χ2v) is 4.34. The average molecular weight is 156 g/mol. The van der Waals surface area contributed by atoms with E-state index < -0.39 is 5.60 Å². The van der Waals surface area contributed by atoms with Gasteiger partial charge in [0.05, 0.1) is 11.7 Å². The largest absolute Gasteiger partial charge is 0.387 e. The maximum atomic E-state index is 10.1. The normalized spacial score (nSPS) is 62.2. The fourth-order valence-electron chi connectivity index (χ4n) is 2.21. The quantitative estimate of drug-likeness (QED) is 0.537. The predicted molar refractivity (Wildman–Crippen MR) is 42.3 cm³/mol. The number of ether oxygens (including phenoxy) is 1. The Labute approximate surface area is 67.6 Å². The van der Waals surface area contributed by atoms with Gasteiger partial charge in [-0.1, -0.05) is 6.92 Å². The number of hydrogen-bond acceptors (Lipinski definition) is 2. The van der Waals surface area contributed by atoms with Crippen molar-refractivity contribution in [3.63, 3.8) is 0 Å². The molecule has 0 radical (unpaired) electrons. The molecule has 2 fully saturated rings. The van der Waals surface area contributed by atoms with Gasteiger partial charge in [-0.3, -0.25) is 0 Å². The molecule has 2 nitrogen and oxygen atoms in total. The van der Waals surface area contributed by atoms with Gasteiger partial charge < -0.3 is 9.84 Å². The standard InChI is InChI=1S/C9H16O2/c1-6-4-5-7-9(3,11-7)8(6,2)10/h6-7,10H,4-5H2,1-3H3. The van der Waals surface area contributed by atoms with Crippen molar-refractivity contribution in [3.8, 4) is 0 Å². The van der Waals surface area contributed by atoms with E-state index in [0.29, 0.717) is 12.0 Å². The fraction of sp³-hybridized carbons (Fsp3) is 1.00. The van der Waals surface area contributed by atoms with Crippen LogP contribution in [-0.2, 0) is 4.74 Å². The first kappa shape index (κ1) is 7.56. The molecule has 1 heterocycles. The zero-order valence-electron chi connectivity index (χ0n) is 7.42. The molecule has 4 unspecified atom stereocenters. The van der Waals surface area contributed by atoms with Crippen molar-refractivity contribution < 1.29 is 9.84 Å². The Kier molecular flexibility index (Phi) is 1.24. The van der Waals surface area contributed by atoms with Crippen LogP contribution in [0.15, 0.2) is 0 Å². The van der Waals surface area contributed by atoms with Crippen LogP contribution in [0.25, 0.3) is 0 Å². The lowest BCUT2D eigenvalue weighted by molar-refractivity contribution is -0.0643. The lowest BCUT2D eigenvalue weighted by atomic mass is 9.71. The minimum absolute atomic E-state index is 0.231. The van der Waals surface area contributed by atoms with Crippen molar-refractivity contribution >= 4 is 0 Å². The molecule has 0 bridgehead atoms. The van der Waals surface area contributed by atoms with Crippen LogP contribution in [0.2, 0.25) is 0 Å². The molecule has 1 N–H and O–H groups in total. The molecule has 2 heteroatoms. The van der Waals surface area contributed by atoms with Crippen LogP contribution in [0.3, 0.4) is 0 Å². The number of aliphatic hydroxyl groups is 1. The first-order valence-electron chi connectivity index (χ1n) is 4.38. The Balaban J connectivity index is 2.26. The third-order valence-electron chi connectivity index (χ3n) is 3.77. The molecule has 2 aliphatic rings. The molecule has 1 aliphatic carbocycles.